The largest absolute Gasteiger partial charge is 0.376 e. The first-order chi connectivity index (χ1) is 15.1. The van der Waals surface area contributed by atoms with E-state index in [4.69, 9.17) is 17.0 Å². The molecule has 3 atom stereocenters. The monoisotopic (exact) mass is 432 g/mol. The molecule has 6 heteroatoms. The highest BCUT2D eigenvalue weighted by Gasteiger charge is 2.42. The van der Waals surface area contributed by atoms with Crippen molar-refractivity contribution in [3.8, 4) is 0 Å². The lowest BCUT2D eigenvalue weighted by Crippen LogP contribution is -2.31. The van der Waals surface area contributed by atoms with Crippen LogP contribution in [0.2, 0.25) is 0 Å². The molecule has 1 aromatic carbocycles. The van der Waals surface area contributed by atoms with Gasteiger partial charge in [0, 0.05) is 36.9 Å². The van der Waals surface area contributed by atoms with Gasteiger partial charge < -0.3 is 19.5 Å². The number of hydrogen-bond acceptors (Lipinski definition) is 3. The van der Waals surface area contributed by atoms with Crippen LogP contribution >= 0.6 is 12.2 Å². The number of anilines is 1. The number of nitrogens with zero attached hydrogens (tertiary/aromatic N) is 3. The standard InChI is InChI=1S/C25H28N4OS/c1-17-10-11-19(15-18(17)2)29-24(23(27-25(29)31)21-8-3-4-12-26-21)22-9-5-13-28(22)16-20-7-6-14-30-20/h3-5,8-13,15,20,23-24H,6-7,14,16H2,1-2H3,(H,27,31)/t20-,23-,24-/m1/s1. The second-order valence-corrected chi connectivity index (χ2v) is 8.87. The summed E-state index contributed by atoms with van der Waals surface area (Å²) in [7, 11) is 0. The molecule has 0 spiro atoms. The van der Waals surface area contributed by atoms with E-state index in [0.717, 1.165) is 42.5 Å². The highest BCUT2D eigenvalue weighted by atomic mass is 32.1. The Bertz CT molecular complexity index is 1070. The number of benzene rings is 1. The van der Waals surface area contributed by atoms with Crippen LogP contribution in [0.1, 0.15) is 47.4 Å². The molecule has 5 nitrogen and oxygen atoms in total. The van der Waals surface area contributed by atoms with E-state index in [1.54, 1.807) is 0 Å². The smallest absolute Gasteiger partial charge is 0.174 e. The zero-order valence-corrected chi connectivity index (χ0v) is 18.8. The first-order valence-corrected chi connectivity index (χ1v) is 11.4. The van der Waals surface area contributed by atoms with Gasteiger partial charge in [0.1, 0.15) is 6.04 Å². The Balaban J connectivity index is 1.58. The van der Waals surface area contributed by atoms with Crippen LogP contribution in [0.5, 0.6) is 0 Å². The molecule has 31 heavy (non-hydrogen) atoms. The fraction of sp³-hybridized carbons (Fsp3) is 0.360. The molecule has 0 saturated carbocycles. The van der Waals surface area contributed by atoms with Gasteiger partial charge in [0.15, 0.2) is 5.11 Å². The van der Waals surface area contributed by atoms with Crippen LogP contribution in [0.4, 0.5) is 5.69 Å². The van der Waals surface area contributed by atoms with Crippen LogP contribution in [0.15, 0.2) is 60.9 Å². The van der Waals surface area contributed by atoms with Crippen LogP contribution in [0, 0.1) is 13.8 Å². The lowest BCUT2D eigenvalue weighted by atomic mass is 10.00. The van der Waals surface area contributed by atoms with E-state index < -0.39 is 0 Å². The number of ether oxygens (including phenoxy) is 1. The SMILES string of the molecule is Cc1ccc(N2C(=S)N[C@H](c3ccccn3)[C@H]2c2cccn2C[C@H]2CCCO2)cc1C. The lowest BCUT2D eigenvalue weighted by Gasteiger charge is -2.30. The molecule has 0 bridgehead atoms. The number of thiocarbonyl (C=S) groups is 1. The van der Waals surface area contributed by atoms with Crippen molar-refractivity contribution >= 4 is 23.0 Å². The van der Waals surface area contributed by atoms with Gasteiger partial charge in [0.2, 0.25) is 0 Å². The quantitative estimate of drug-likeness (QED) is 0.584. The molecule has 0 aliphatic carbocycles. The predicted octanol–water partition coefficient (Wildman–Crippen LogP) is 4.86. The maximum atomic E-state index is 5.93. The highest BCUT2D eigenvalue weighted by molar-refractivity contribution is 7.80. The minimum Gasteiger partial charge on any atom is -0.376 e. The zero-order chi connectivity index (χ0) is 21.4. The second-order valence-electron chi connectivity index (χ2n) is 8.49. The third-order valence-corrected chi connectivity index (χ3v) is 6.77. The summed E-state index contributed by atoms with van der Waals surface area (Å²) in [6.07, 6.45) is 6.54. The van der Waals surface area contributed by atoms with Gasteiger partial charge in [-0.05, 0) is 86.4 Å². The van der Waals surface area contributed by atoms with Crippen LogP contribution in [0.25, 0.3) is 0 Å². The fourth-order valence-corrected chi connectivity index (χ4v) is 5.02. The Kier molecular flexibility index (Phi) is 5.50. The average molecular weight is 433 g/mol. The van der Waals surface area contributed by atoms with Gasteiger partial charge in [0.05, 0.1) is 17.8 Å². The average Bonchev–Trinajstić information content (AvgIpc) is 3.52. The molecule has 2 aromatic heterocycles. The molecule has 2 aliphatic rings. The molecular weight excluding hydrogens is 404 g/mol. The van der Waals surface area contributed by atoms with Crippen molar-refractivity contribution in [1.29, 1.82) is 0 Å². The maximum Gasteiger partial charge on any atom is 0.174 e. The van der Waals surface area contributed by atoms with Gasteiger partial charge in [-0.3, -0.25) is 4.98 Å². The van der Waals surface area contributed by atoms with Gasteiger partial charge in [-0.15, -0.1) is 0 Å². The van der Waals surface area contributed by atoms with Gasteiger partial charge in [-0.25, -0.2) is 0 Å². The molecule has 3 aromatic rings. The summed E-state index contributed by atoms with van der Waals surface area (Å²) in [4.78, 5) is 6.92. The topological polar surface area (TPSA) is 42.3 Å². The van der Waals surface area contributed by atoms with Crippen LogP contribution in [-0.4, -0.2) is 27.4 Å². The third-order valence-electron chi connectivity index (χ3n) is 6.46. The summed E-state index contributed by atoms with van der Waals surface area (Å²) in [6.45, 7) is 6.01. The van der Waals surface area contributed by atoms with Crippen LogP contribution in [-0.2, 0) is 11.3 Å². The summed E-state index contributed by atoms with van der Waals surface area (Å²) in [6, 6.07) is 16.9. The molecule has 0 amide bonds. The Labute approximate surface area is 189 Å². The van der Waals surface area contributed by atoms with Crippen LogP contribution in [0.3, 0.4) is 0 Å². The number of nitrogens with one attached hydrogen (secondary N) is 1. The van der Waals surface area contributed by atoms with Crippen molar-refractivity contribution in [3.63, 3.8) is 0 Å². The second kappa shape index (κ2) is 8.44. The van der Waals surface area contributed by atoms with Crippen molar-refractivity contribution in [2.75, 3.05) is 11.5 Å². The van der Waals surface area contributed by atoms with Crippen molar-refractivity contribution < 1.29 is 4.74 Å². The van der Waals surface area contributed by atoms with Crippen molar-refractivity contribution in [2.24, 2.45) is 0 Å². The van der Waals surface area contributed by atoms with E-state index in [1.165, 1.54) is 16.8 Å². The molecule has 0 radical (unpaired) electrons. The molecule has 2 fully saturated rings. The minimum atomic E-state index is -0.0338. The summed E-state index contributed by atoms with van der Waals surface area (Å²) in [5.41, 5.74) is 5.85. The summed E-state index contributed by atoms with van der Waals surface area (Å²) < 4.78 is 8.26. The summed E-state index contributed by atoms with van der Waals surface area (Å²) in [5.74, 6) is 0. The normalized spacial score (nSPS) is 23.4. The summed E-state index contributed by atoms with van der Waals surface area (Å²) in [5, 5.41) is 4.29. The van der Waals surface area contributed by atoms with E-state index in [9.17, 15) is 0 Å². The first kappa shape index (κ1) is 20.2. The highest BCUT2D eigenvalue weighted by Crippen LogP contribution is 2.42. The maximum absolute atomic E-state index is 5.93. The number of aromatic nitrogens is 2. The van der Waals surface area contributed by atoms with Crippen molar-refractivity contribution in [1.82, 2.24) is 14.9 Å². The molecule has 160 valence electrons. The number of pyridine rings is 1. The molecule has 1 N–H and O–H groups in total. The Morgan fingerprint density at radius 2 is 2.03 bits per heavy atom. The van der Waals surface area contributed by atoms with Gasteiger partial charge in [-0.1, -0.05) is 12.1 Å². The number of rotatable bonds is 5. The van der Waals surface area contributed by atoms with E-state index in [2.05, 4.69) is 76.2 Å². The number of hydrogen-bond donors (Lipinski definition) is 1. The first-order valence-electron chi connectivity index (χ1n) is 11.0. The summed E-state index contributed by atoms with van der Waals surface area (Å²) >= 11 is 5.87. The van der Waals surface area contributed by atoms with Crippen molar-refractivity contribution in [2.45, 2.75) is 51.4 Å². The molecule has 2 saturated heterocycles. The molecule has 0 unspecified atom stereocenters. The van der Waals surface area contributed by atoms with Gasteiger partial charge in [-0.2, -0.15) is 0 Å². The third kappa shape index (κ3) is 3.86. The molecule has 4 heterocycles. The molecular formula is C25H28N4OS. The van der Waals surface area contributed by atoms with Crippen LogP contribution < -0.4 is 10.2 Å². The number of aryl methyl sites for hydroxylation is 2. The Hall–Kier alpha value is -2.70. The van der Waals surface area contributed by atoms with Gasteiger partial charge >= 0.3 is 0 Å². The van der Waals surface area contributed by atoms with E-state index >= 15 is 0 Å². The van der Waals surface area contributed by atoms with Crippen molar-refractivity contribution in [3.05, 3.63) is 83.4 Å². The fourth-order valence-electron chi connectivity index (χ4n) is 4.68. The Morgan fingerprint density at radius 3 is 2.77 bits per heavy atom. The van der Waals surface area contributed by atoms with E-state index in [1.807, 2.05) is 18.3 Å². The Morgan fingerprint density at radius 1 is 1.13 bits per heavy atom. The molecule has 2 aliphatic heterocycles. The van der Waals surface area contributed by atoms with Gasteiger partial charge in [0.25, 0.3) is 0 Å². The lowest BCUT2D eigenvalue weighted by molar-refractivity contribution is 0.0961. The molecule has 5 rings (SSSR count). The predicted molar refractivity (Wildman–Crippen MR) is 127 cm³/mol. The van der Waals surface area contributed by atoms with E-state index in [-0.39, 0.29) is 18.2 Å². The zero-order valence-electron chi connectivity index (χ0n) is 18.0. The minimum absolute atomic E-state index is 0.000842. The van der Waals surface area contributed by atoms with E-state index in [0.29, 0.717) is 0 Å².